The van der Waals surface area contributed by atoms with Crippen molar-refractivity contribution in [3.8, 4) is 0 Å². The average Bonchev–Trinajstić information content (AvgIpc) is 2.64. The van der Waals surface area contributed by atoms with Crippen molar-refractivity contribution in [1.29, 1.82) is 0 Å². The molecule has 1 N–H and O–H groups in total. The zero-order valence-electron chi connectivity index (χ0n) is 13.8. The molecule has 25 heavy (non-hydrogen) atoms. The quantitative estimate of drug-likeness (QED) is 0.915. The van der Waals surface area contributed by atoms with Gasteiger partial charge < -0.3 is 10.2 Å². The van der Waals surface area contributed by atoms with Gasteiger partial charge in [0.05, 0.1) is 17.3 Å². The lowest BCUT2D eigenvalue weighted by Gasteiger charge is -2.34. The highest BCUT2D eigenvalue weighted by molar-refractivity contribution is 6.33. The van der Waals surface area contributed by atoms with E-state index in [0.717, 1.165) is 0 Å². The van der Waals surface area contributed by atoms with Crippen molar-refractivity contribution in [2.45, 2.75) is 0 Å². The van der Waals surface area contributed by atoms with Crippen LogP contribution in [0.1, 0.15) is 10.4 Å². The molecule has 2 aromatic carbocycles. The van der Waals surface area contributed by atoms with Gasteiger partial charge in [0, 0.05) is 31.7 Å². The van der Waals surface area contributed by atoms with Crippen molar-refractivity contribution in [3.63, 3.8) is 0 Å². The highest BCUT2D eigenvalue weighted by Crippen LogP contribution is 2.20. The molecular weight excluding hydrogens is 338 g/mol. The molecule has 130 valence electrons. The second-order valence-electron chi connectivity index (χ2n) is 5.96. The molecule has 0 radical (unpaired) electrons. The number of para-hydroxylation sites is 1. The summed E-state index contributed by atoms with van der Waals surface area (Å²) in [7, 11) is 0. The first kappa shape index (κ1) is 17.5. The van der Waals surface area contributed by atoms with Crippen LogP contribution in [0.4, 0.5) is 5.69 Å². The standard InChI is InChI=1S/C19H20ClN3O2/c20-16-8-4-5-9-17(16)21-18(24)14-22-10-12-23(13-11-22)19(25)15-6-2-1-3-7-15/h1-9H,10-14H2,(H,21,24). The first-order chi connectivity index (χ1) is 12.1. The predicted molar refractivity (Wildman–Crippen MR) is 98.9 cm³/mol. The van der Waals surface area contributed by atoms with Crippen molar-refractivity contribution in [3.05, 3.63) is 65.2 Å². The van der Waals surface area contributed by atoms with Gasteiger partial charge in [0.1, 0.15) is 0 Å². The van der Waals surface area contributed by atoms with E-state index in [4.69, 9.17) is 11.6 Å². The largest absolute Gasteiger partial charge is 0.336 e. The highest BCUT2D eigenvalue weighted by Gasteiger charge is 2.23. The van der Waals surface area contributed by atoms with Gasteiger partial charge in [0.15, 0.2) is 0 Å². The van der Waals surface area contributed by atoms with Crippen LogP contribution in [0.15, 0.2) is 54.6 Å². The molecule has 1 saturated heterocycles. The number of rotatable bonds is 4. The monoisotopic (exact) mass is 357 g/mol. The molecule has 0 aliphatic carbocycles. The summed E-state index contributed by atoms with van der Waals surface area (Å²) in [5.74, 6) is -0.0586. The third kappa shape index (κ3) is 4.59. The van der Waals surface area contributed by atoms with E-state index < -0.39 is 0 Å². The molecule has 1 aliphatic heterocycles. The maximum absolute atomic E-state index is 12.4. The maximum Gasteiger partial charge on any atom is 0.253 e. The van der Waals surface area contributed by atoms with Crippen LogP contribution in [0.25, 0.3) is 0 Å². The minimum atomic E-state index is -0.101. The van der Waals surface area contributed by atoms with Crippen molar-refractivity contribution in [1.82, 2.24) is 9.80 Å². The molecule has 3 rings (SSSR count). The summed E-state index contributed by atoms with van der Waals surface area (Å²) >= 11 is 6.05. The fourth-order valence-electron chi connectivity index (χ4n) is 2.83. The number of hydrogen-bond acceptors (Lipinski definition) is 3. The van der Waals surface area contributed by atoms with Gasteiger partial charge in [-0.1, -0.05) is 41.9 Å². The van der Waals surface area contributed by atoms with E-state index in [2.05, 4.69) is 5.32 Å². The molecule has 2 amide bonds. The fourth-order valence-corrected chi connectivity index (χ4v) is 3.01. The molecule has 0 atom stereocenters. The zero-order chi connectivity index (χ0) is 17.6. The van der Waals surface area contributed by atoms with Crippen molar-refractivity contribution < 1.29 is 9.59 Å². The molecular formula is C19H20ClN3O2. The van der Waals surface area contributed by atoms with Gasteiger partial charge >= 0.3 is 0 Å². The molecule has 0 aromatic heterocycles. The summed E-state index contributed by atoms with van der Waals surface area (Å²) in [5, 5.41) is 3.35. The lowest BCUT2D eigenvalue weighted by atomic mass is 10.2. The van der Waals surface area contributed by atoms with E-state index in [1.165, 1.54) is 0 Å². The van der Waals surface area contributed by atoms with Crippen LogP contribution in [-0.4, -0.2) is 54.3 Å². The maximum atomic E-state index is 12.4. The fraction of sp³-hybridized carbons (Fsp3) is 0.263. The topological polar surface area (TPSA) is 52.7 Å². The predicted octanol–water partition coefficient (Wildman–Crippen LogP) is 2.74. The Morgan fingerprint density at radius 1 is 0.920 bits per heavy atom. The Bertz CT molecular complexity index is 743. The summed E-state index contributed by atoms with van der Waals surface area (Å²) in [5.41, 5.74) is 1.32. The molecule has 1 aliphatic rings. The molecule has 0 saturated carbocycles. The Labute approximate surface area is 152 Å². The van der Waals surface area contributed by atoms with Gasteiger partial charge in [0.2, 0.25) is 5.91 Å². The summed E-state index contributed by atoms with van der Waals surface area (Å²) < 4.78 is 0. The van der Waals surface area contributed by atoms with Crippen LogP contribution in [-0.2, 0) is 4.79 Å². The molecule has 0 unspecified atom stereocenters. The summed E-state index contributed by atoms with van der Waals surface area (Å²) in [6.45, 7) is 2.88. The molecule has 2 aromatic rings. The number of hydrogen-bond donors (Lipinski definition) is 1. The number of piperazine rings is 1. The van der Waals surface area contributed by atoms with E-state index in [1.807, 2.05) is 52.3 Å². The minimum absolute atomic E-state index is 0.0424. The Kier molecular flexibility index (Phi) is 5.68. The van der Waals surface area contributed by atoms with Gasteiger partial charge in [-0.2, -0.15) is 0 Å². The van der Waals surface area contributed by atoms with Crippen molar-refractivity contribution >= 4 is 29.1 Å². The normalized spacial score (nSPS) is 15.0. The van der Waals surface area contributed by atoms with Crippen LogP contribution in [0.2, 0.25) is 5.02 Å². The molecule has 1 fully saturated rings. The number of halogens is 1. The average molecular weight is 358 g/mol. The highest BCUT2D eigenvalue weighted by atomic mass is 35.5. The van der Waals surface area contributed by atoms with Gasteiger partial charge in [-0.3, -0.25) is 14.5 Å². The lowest BCUT2D eigenvalue weighted by molar-refractivity contribution is -0.117. The number of carbonyl (C=O) groups is 2. The van der Waals surface area contributed by atoms with Crippen molar-refractivity contribution in [2.75, 3.05) is 38.0 Å². The molecule has 6 heteroatoms. The Morgan fingerprint density at radius 3 is 2.24 bits per heavy atom. The minimum Gasteiger partial charge on any atom is -0.336 e. The molecule has 1 heterocycles. The summed E-state index contributed by atoms with van der Waals surface area (Å²) in [4.78, 5) is 28.5. The van der Waals surface area contributed by atoms with Gasteiger partial charge in [-0.25, -0.2) is 0 Å². The first-order valence-electron chi connectivity index (χ1n) is 8.24. The third-order valence-corrected chi connectivity index (χ3v) is 4.52. The first-order valence-corrected chi connectivity index (χ1v) is 8.62. The number of anilines is 1. The van der Waals surface area contributed by atoms with Crippen LogP contribution in [0.3, 0.4) is 0 Å². The number of carbonyl (C=O) groups excluding carboxylic acids is 2. The van der Waals surface area contributed by atoms with Crippen molar-refractivity contribution in [2.24, 2.45) is 0 Å². The van der Waals surface area contributed by atoms with Gasteiger partial charge in [-0.15, -0.1) is 0 Å². The smallest absolute Gasteiger partial charge is 0.253 e. The zero-order valence-corrected chi connectivity index (χ0v) is 14.6. The van der Waals surface area contributed by atoms with Gasteiger partial charge in [-0.05, 0) is 24.3 Å². The van der Waals surface area contributed by atoms with E-state index in [9.17, 15) is 9.59 Å². The number of nitrogens with zero attached hydrogens (tertiary/aromatic N) is 2. The summed E-state index contributed by atoms with van der Waals surface area (Å²) in [6, 6.07) is 16.4. The molecule has 0 spiro atoms. The number of nitrogens with one attached hydrogen (secondary N) is 1. The van der Waals surface area contributed by atoms with Crippen LogP contribution in [0.5, 0.6) is 0 Å². The van der Waals surface area contributed by atoms with E-state index in [-0.39, 0.29) is 11.8 Å². The van der Waals surface area contributed by atoms with E-state index in [0.29, 0.717) is 49.0 Å². The SMILES string of the molecule is O=C(CN1CCN(C(=O)c2ccccc2)CC1)Nc1ccccc1Cl. The van der Waals surface area contributed by atoms with E-state index >= 15 is 0 Å². The second-order valence-corrected chi connectivity index (χ2v) is 6.37. The van der Waals surface area contributed by atoms with Gasteiger partial charge in [0.25, 0.3) is 5.91 Å². The third-order valence-electron chi connectivity index (χ3n) is 4.20. The van der Waals surface area contributed by atoms with Crippen LogP contribution in [0, 0.1) is 0 Å². The van der Waals surface area contributed by atoms with E-state index in [1.54, 1.807) is 12.1 Å². The number of amides is 2. The second kappa shape index (κ2) is 8.14. The molecule has 0 bridgehead atoms. The number of benzene rings is 2. The Morgan fingerprint density at radius 2 is 1.56 bits per heavy atom. The summed E-state index contributed by atoms with van der Waals surface area (Å²) in [6.07, 6.45) is 0. The van der Waals surface area contributed by atoms with Crippen LogP contribution >= 0.6 is 11.6 Å². The Balaban J connectivity index is 1.48. The lowest BCUT2D eigenvalue weighted by Crippen LogP contribution is -2.50. The van der Waals surface area contributed by atoms with Crippen LogP contribution < -0.4 is 5.32 Å². The Hall–Kier alpha value is -2.37. The molecule has 5 nitrogen and oxygen atoms in total.